The molecule has 2 unspecified atom stereocenters. The molecule has 2 rings (SSSR count). The first-order chi connectivity index (χ1) is 7.72. The molecule has 1 saturated carbocycles. The molecule has 0 spiro atoms. The molecular formula is C13H19NOS. The van der Waals surface area contributed by atoms with Gasteiger partial charge in [0.25, 0.3) is 0 Å². The van der Waals surface area contributed by atoms with Gasteiger partial charge in [-0.1, -0.05) is 12.8 Å². The molecule has 0 bridgehead atoms. The van der Waals surface area contributed by atoms with Crippen LogP contribution in [0.1, 0.15) is 40.2 Å². The fraction of sp³-hybridized carbons (Fsp3) is 0.615. The number of nitrogens with two attached hydrogens (primary N) is 1. The van der Waals surface area contributed by atoms with Gasteiger partial charge in [0.15, 0.2) is 5.78 Å². The molecule has 2 nitrogen and oxygen atoms in total. The SMILES string of the molecule is Cc1ccc(C(=O)C2CCCCC2CN)s1. The summed E-state index contributed by atoms with van der Waals surface area (Å²) in [4.78, 5) is 14.5. The van der Waals surface area contributed by atoms with E-state index in [1.54, 1.807) is 11.3 Å². The fourth-order valence-electron chi connectivity index (χ4n) is 2.58. The van der Waals surface area contributed by atoms with Crippen molar-refractivity contribution < 1.29 is 4.79 Å². The van der Waals surface area contributed by atoms with E-state index in [1.807, 2.05) is 19.1 Å². The lowest BCUT2D eigenvalue weighted by Crippen LogP contribution is -2.32. The van der Waals surface area contributed by atoms with Crippen LogP contribution in [0.15, 0.2) is 12.1 Å². The van der Waals surface area contributed by atoms with Crippen LogP contribution in [0.2, 0.25) is 0 Å². The lowest BCUT2D eigenvalue weighted by Gasteiger charge is -2.29. The van der Waals surface area contributed by atoms with Crippen molar-refractivity contribution in [3.05, 3.63) is 21.9 Å². The Kier molecular flexibility index (Phi) is 3.77. The van der Waals surface area contributed by atoms with Crippen LogP contribution in [-0.4, -0.2) is 12.3 Å². The molecule has 1 fully saturated rings. The van der Waals surface area contributed by atoms with E-state index in [9.17, 15) is 4.79 Å². The van der Waals surface area contributed by atoms with E-state index in [-0.39, 0.29) is 5.92 Å². The first kappa shape index (κ1) is 11.8. The van der Waals surface area contributed by atoms with E-state index in [2.05, 4.69) is 0 Å². The Balaban J connectivity index is 2.13. The quantitative estimate of drug-likeness (QED) is 0.821. The van der Waals surface area contributed by atoms with Gasteiger partial charge in [-0.15, -0.1) is 11.3 Å². The van der Waals surface area contributed by atoms with Crippen molar-refractivity contribution in [1.29, 1.82) is 0 Å². The highest BCUT2D eigenvalue weighted by atomic mass is 32.1. The van der Waals surface area contributed by atoms with Crippen LogP contribution in [0.3, 0.4) is 0 Å². The van der Waals surface area contributed by atoms with E-state index in [0.29, 0.717) is 18.2 Å². The highest BCUT2D eigenvalue weighted by Crippen LogP contribution is 2.33. The summed E-state index contributed by atoms with van der Waals surface area (Å²) in [5.74, 6) is 0.911. The predicted octanol–water partition coefficient (Wildman–Crippen LogP) is 3.00. The fourth-order valence-corrected chi connectivity index (χ4v) is 3.46. The number of hydrogen-bond acceptors (Lipinski definition) is 3. The van der Waals surface area contributed by atoms with Crippen molar-refractivity contribution in [1.82, 2.24) is 0 Å². The second-order valence-electron chi connectivity index (χ2n) is 4.66. The minimum Gasteiger partial charge on any atom is -0.330 e. The Morgan fingerprint density at radius 2 is 2.19 bits per heavy atom. The minimum absolute atomic E-state index is 0.178. The lowest BCUT2D eigenvalue weighted by molar-refractivity contribution is 0.0834. The van der Waals surface area contributed by atoms with Gasteiger partial charge in [-0.25, -0.2) is 0 Å². The maximum absolute atomic E-state index is 12.3. The third-order valence-electron chi connectivity index (χ3n) is 3.53. The largest absolute Gasteiger partial charge is 0.330 e. The molecule has 0 radical (unpaired) electrons. The summed E-state index contributed by atoms with van der Waals surface area (Å²) in [5.41, 5.74) is 5.77. The zero-order valence-electron chi connectivity index (χ0n) is 9.74. The summed E-state index contributed by atoms with van der Waals surface area (Å²) in [6.45, 7) is 2.70. The maximum Gasteiger partial charge on any atom is 0.176 e. The first-order valence-corrected chi connectivity index (χ1v) is 6.84. The molecule has 1 aromatic heterocycles. The molecule has 2 atom stereocenters. The molecule has 88 valence electrons. The molecule has 1 aliphatic carbocycles. The molecule has 0 aromatic carbocycles. The first-order valence-electron chi connectivity index (χ1n) is 6.03. The van der Waals surface area contributed by atoms with Gasteiger partial charge in [0.2, 0.25) is 0 Å². The second-order valence-corrected chi connectivity index (χ2v) is 5.95. The number of rotatable bonds is 3. The second kappa shape index (κ2) is 5.11. The number of hydrogen-bond donors (Lipinski definition) is 1. The van der Waals surface area contributed by atoms with Gasteiger partial charge in [-0.05, 0) is 44.4 Å². The van der Waals surface area contributed by atoms with Crippen molar-refractivity contribution in [2.24, 2.45) is 17.6 Å². The van der Waals surface area contributed by atoms with Crippen molar-refractivity contribution >= 4 is 17.1 Å². The molecule has 1 aromatic rings. The zero-order valence-corrected chi connectivity index (χ0v) is 10.6. The van der Waals surface area contributed by atoms with Gasteiger partial charge in [0.05, 0.1) is 4.88 Å². The van der Waals surface area contributed by atoms with Gasteiger partial charge in [0, 0.05) is 10.8 Å². The molecule has 0 amide bonds. The topological polar surface area (TPSA) is 43.1 Å². The number of carbonyl (C=O) groups excluding carboxylic acids is 1. The predicted molar refractivity (Wildman–Crippen MR) is 67.9 cm³/mol. The Morgan fingerprint density at radius 3 is 2.81 bits per heavy atom. The van der Waals surface area contributed by atoms with Gasteiger partial charge in [-0.2, -0.15) is 0 Å². The zero-order chi connectivity index (χ0) is 11.5. The summed E-state index contributed by atoms with van der Waals surface area (Å²) < 4.78 is 0. The van der Waals surface area contributed by atoms with Crippen LogP contribution in [0.25, 0.3) is 0 Å². The number of carbonyl (C=O) groups is 1. The average molecular weight is 237 g/mol. The van der Waals surface area contributed by atoms with Crippen LogP contribution < -0.4 is 5.73 Å². The van der Waals surface area contributed by atoms with Crippen LogP contribution >= 0.6 is 11.3 Å². The van der Waals surface area contributed by atoms with Gasteiger partial charge in [0.1, 0.15) is 0 Å². The molecule has 0 aliphatic heterocycles. The summed E-state index contributed by atoms with van der Waals surface area (Å²) in [7, 11) is 0. The Labute approximate surface area is 101 Å². The van der Waals surface area contributed by atoms with E-state index in [0.717, 1.165) is 17.7 Å². The number of thiophene rings is 1. The molecule has 1 heterocycles. The average Bonchev–Trinajstić information content (AvgIpc) is 2.75. The van der Waals surface area contributed by atoms with E-state index >= 15 is 0 Å². The molecule has 1 aliphatic rings. The summed E-state index contributed by atoms with van der Waals surface area (Å²) in [6.07, 6.45) is 4.56. The third kappa shape index (κ3) is 2.36. The Morgan fingerprint density at radius 1 is 1.44 bits per heavy atom. The van der Waals surface area contributed by atoms with Crippen molar-refractivity contribution in [2.75, 3.05) is 6.54 Å². The van der Waals surface area contributed by atoms with Gasteiger partial charge in [-0.3, -0.25) is 4.79 Å². The molecule has 2 N–H and O–H groups in total. The smallest absolute Gasteiger partial charge is 0.176 e. The van der Waals surface area contributed by atoms with E-state index < -0.39 is 0 Å². The van der Waals surface area contributed by atoms with E-state index in [1.165, 1.54) is 17.7 Å². The van der Waals surface area contributed by atoms with Crippen LogP contribution in [0.4, 0.5) is 0 Å². The number of aryl methyl sites for hydroxylation is 1. The van der Waals surface area contributed by atoms with Crippen LogP contribution in [-0.2, 0) is 0 Å². The van der Waals surface area contributed by atoms with Gasteiger partial charge >= 0.3 is 0 Å². The van der Waals surface area contributed by atoms with E-state index in [4.69, 9.17) is 5.73 Å². The highest BCUT2D eigenvalue weighted by Gasteiger charge is 2.30. The highest BCUT2D eigenvalue weighted by molar-refractivity contribution is 7.14. The third-order valence-corrected chi connectivity index (χ3v) is 4.55. The maximum atomic E-state index is 12.3. The van der Waals surface area contributed by atoms with Crippen molar-refractivity contribution in [3.63, 3.8) is 0 Å². The Hall–Kier alpha value is -0.670. The van der Waals surface area contributed by atoms with Crippen molar-refractivity contribution in [3.8, 4) is 0 Å². The Bertz CT molecular complexity index is 372. The standard InChI is InChI=1S/C13H19NOS/c1-9-6-7-12(16-9)13(15)11-5-3-2-4-10(11)8-14/h6-7,10-11H,2-5,8,14H2,1H3. The molecule has 16 heavy (non-hydrogen) atoms. The molecule has 0 saturated heterocycles. The monoisotopic (exact) mass is 237 g/mol. The summed E-state index contributed by atoms with van der Waals surface area (Å²) in [5, 5.41) is 0. The van der Waals surface area contributed by atoms with Crippen LogP contribution in [0.5, 0.6) is 0 Å². The van der Waals surface area contributed by atoms with Gasteiger partial charge < -0.3 is 5.73 Å². The molecule has 3 heteroatoms. The normalized spacial score (nSPS) is 25.6. The lowest BCUT2D eigenvalue weighted by atomic mass is 9.76. The van der Waals surface area contributed by atoms with Crippen molar-refractivity contribution in [2.45, 2.75) is 32.6 Å². The minimum atomic E-state index is 0.178. The summed E-state index contributed by atoms with van der Waals surface area (Å²) in [6, 6.07) is 3.99. The number of Topliss-reactive ketones (excluding diaryl/α,β-unsaturated/α-hetero) is 1. The number of ketones is 1. The van der Waals surface area contributed by atoms with Crippen LogP contribution in [0, 0.1) is 18.8 Å². The summed E-state index contributed by atoms with van der Waals surface area (Å²) >= 11 is 1.61. The molecular weight excluding hydrogens is 218 g/mol.